The van der Waals surface area contributed by atoms with Gasteiger partial charge in [-0.25, -0.2) is 0 Å². The molecule has 0 amide bonds. The van der Waals surface area contributed by atoms with Crippen LogP contribution in [0.15, 0.2) is 0 Å². The fourth-order valence-electron chi connectivity index (χ4n) is 1.52. The number of hydrogen-bond donors (Lipinski definition) is 0. The van der Waals surface area contributed by atoms with Crippen LogP contribution in [0, 0.1) is 18.8 Å². The fraction of sp³-hybridized carbons (Fsp3) is 0.889. The average molecular weight is 125 g/mol. The third kappa shape index (κ3) is 1.70. The molecule has 0 spiro atoms. The van der Waals surface area contributed by atoms with Gasteiger partial charge in [-0.15, -0.1) is 0 Å². The number of rotatable bonds is 3. The number of hydrogen-bond acceptors (Lipinski definition) is 0. The molecule has 0 nitrogen and oxygen atoms in total. The molecule has 1 fully saturated rings. The van der Waals surface area contributed by atoms with Crippen LogP contribution in [0.4, 0.5) is 0 Å². The molecule has 0 N–H and O–H groups in total. The molecule has 1 atom stereocenters. The standard InChI is InChI=1S/C9H17/c1-3-5-8(2)9-6-4-7-9/h8-9H,2-7H2,1H3. The van der Waals surface area contributed by atoms with Crippen molar-refractivity contribution in [2.24, 2.45) is 11.8 Å². The summed E-state index contributed by atoms with van der Waals surface area (Å²) in [6.45, 7) is 6.40. The first-order valence-electron chi connectivity index (χ1n) is 4.17. The van der Waals surface area contributed by atoms with Gasteiger partial charge in [-0.3, -0.25) is 0 Å². The molecule has 0 heteroatoms. The summed E-state index contributed by atoms with van der Waals surface area (Å²) >= 11 is 0. The van der Waals surface area contributed by atoms with E-state index >= 15 is 0 Å². The van der Waals surface area contributed by atoms with Gasteiger partial charge in [0.15, 0.2) is 0 Å². The second-order valence-electron chi connectivity index (χ2n) is 3.24. The molecule has 0 bridgehead atoms. The molecule has 0 aromatic carbocycles. The molecule has 53 valence electrons. The van der Waals surface area contributed by atoms with Gasteiger partial charge in [0.25, 0.3) is 0 Å². The molecule has 1 aliphatic carbocycles. The van der Waals surface area contributed by atoms with Crippen LogP contribution >= 0.6 is 0 Å². The maximum absolute atomic E-state index is 4.15. The Balaban J connectivity index is 2.08. The van der Waals surface area contributed by atoms with Crippen LogP contribution in [-0.2, 0) is 0 Å². The summed E-state index contributed by atoms with van der Waals surface area (Å²) < 4.78 is 0. The Morgan fingerprint density at radius 1 is 1.56 bits per heavy atom. The van der Waals surface area contributed by atoms with E-state index in [2.05, 4.69) is 13.8 Å². The van der Waals surface area contributed by atoms with Crippen molar-refractivity contribution < 1.29 is 0 Å². The minimum Gasteiger partial charge on any atom is -0.0654 e. The lowest BCUT2D eigenvalue weighted by Crippen LogP contribution is -2.19. The Labute approximate surface area is 58.7 Å². The molecule has 0 aliphatic heterocycles. The van der Waals surface area contributed by atoms with Crippen LogP contribution in [0.25, 0.3) is 0 Å². The molecule has 0 aromatic rings. The van der Waals surface area contributed by atoms with E-state index in [4.69, 9.17) is 0 Å². The van der Waals surface area contributed by atoms with Gasteiger partial charge >= 0.3 is 0 Å². The topological polar surface area (TPSA) is 0 Å². The van der Waals surface area contributed by atoms with Gasteiger partial charge in [0, 0.05) is 0 Å². The zero-order chi connectivity index (χ0) is 6.69. The third-order valence-electron chi connectivity index (χ3n) is 2.48. The van der Waals surface area contributed by atoms with E-state index in [-0.39, 0.29) is 0 Å². The van der Waals surface area contributed by atoms with Crippen molar-refractivity contribution in [3.63, 3.8) is 0 Å². The summed E-state index contributed by atoms with van der Waals surface area (Å²) in [5.74, 6) is 1.76. The molecular weight excluding hydrogens is 108 g/mol. The van der Waals surface area contributed by atoms with Crippen LogP contribution in [0.1, 0.15) is 39.0 Å². The second kappa shape index (κ2) is 3.24. The molecule has 1 radical (unpaired) electrons. The fourth-order valence-corrected chi connectivity index (χ4v) is 1.52. The highest BCUT2D eigenvalue weighted by atomic mass is 14.3. The molecule has 1 rings (SSSR count). The SMILES string of the molecule is [CH2]C(CCC)C1CCC1. The van der Waals surface area contributed by atoms with E-state index < -0.39 is 0 Å². The van der Waals surface area contributed by atoms with E-state index in [9.17, 15) is 0 Å². The van der Waals surface area contributed by atoms with Gasteiger partial charge in [0.2, 0.25) is 0 Å². The third-order valence-corrected chi connectivity index (χ3v) is 2.48. The second-order valence-corrected chi connectivity index (χ2v) is 3.24. The first-order valence-corrected chi connectivity index (χ1v) is 4.17. The highest BCUT2D eigenvalue weighted by Crippen LogP contribution is 2.34. The summed E-state index contributed by atoms with van der Waals surface area (Å²) in [4.78, 5) is 0. The Hall–Kier alpha value is 0. The van der Waals surface area contributed by atoms with Crippen LogP contribution < -0.4 is 0 Å². The van der Waals surface area contributed by atoms with Gasteiger partial charge in [-0.2, -0.15) is 0 Å². The van der Waals surface area contributed by atoms with Gasteiger partial charge < -0.3 is 0 Å². The quantitative estimate of drug-likeness (QED) is 0.544. The van der Waals surface area contributed by atoms with Gasteiger partial charge in [0.05, 0.1) is 0 Å². The van der Waals surface area contributed by atoms with Crippen molar-refractivity contribution in [1.82, 2.24) is 0 Å². The Morgan fingerprint density at radius 3 is 2.56 bits per heavy atom. The van der Waals surface area contributed by atoms with Crippen LogP contribution in [0.2, 0.25) is 0 Å². The monoisotopic (exact) mass is 125 g/mol. The van der Waals surface area contributed by atoms with E-state index in [0.29, 0.717) is 0 Å². The molecule has 0 saturated heterocycles. The lowest BCUT2D eigenvalue weighted by Gasteiger charge is -2.31. The average Bonchev–Trinajstić information content (AvgIpc) is 1.60. The predicted octanol–water partition coefficient (Wildman–Crippen LogP) is 3.04. The highest BCUT2D eigenvalue weighted by Gasteiger charge is 2.22. The van der Waals surface area contributed by atoms with Crippen LogP contribution in [0.5, 0.6) is 0 Å². The van der Waals surface area contributed by atoms with Gasteiger partial charge in [-0.1, -0.05) is 39.0 Å². The Kier molecular flexibility index (Phi) is 2.56. The lowest BCUT2D eigenvalue weighted by atomic mass is 9.75. The lowest BCUT2D eigenvalue weighted by molar-refractivity contribution is 0.229. The molecule has 0 aromatic heterocycles. The summed E-state index contributed by atoms with van der Waals surface area (Å²) in [6.07, 6.45) is 7.01. The molecule has 1 saturated carbocycles. The van der Waals surface area contributed by atoms with Crippen LogP contribution in [0.3, 0.4) is 0 Å². The first-order chi connectivity index (χ1) is 4.34. The highest BCUT2D eigenvalue weighted by molar-refractivity contribution is 4.78. The summed E-state index contributed by atoms with van der Waals surface area (Å²) in [7, 11) is 0. The van der Waals surface area contributed by atoms with E-state index in [1.54, 1.807) is 0 Å². The van der Waals surface area contributed by atoms with E-state index in [1.165, 1.54) is 32.1 Å². The van der Waals surface area contributed by atoms with Crippen molar-refractivity contribution in [2.45, 2.75) is 39.0 Å². The molecular formula is C9H17. The van der Waals surface area contributed by atoms with E-state index in [0.717, 1.165) is 11.8 Å². The minimum atomic E-state index is 0.767. The molecule has 1 aliphatic rings. The normalized spacial score (nSPS) is 23.3. The summed E-state index contributed by atoms with van der Waals surface area (Å²) in [6, 6.07) is 0. The first kappa shape index (κ1) is 7.11. The predicted molar refractivity (Wildman–Crippen MR) is 41.1 cm³/mol. The minimum absolute atomic E-state index is 0.767. The summed E-state index contributed by atoms with van der Waals surface area (Å²) in [5.41, 5.74) is 0. The van der Waals surface area contributed by atoms with E-state index in [1.807, 2.05) is 0 Å². The smallest absolute Gasteiger partial charge is 0.0386 e. The van der Waals surface area contributed by atoms with Crippen molar-refractivity contribution in [3.05, 3.63) is 6.92 Å². The van der Waals surface area contributed by atoms with Crippen molar-refractivity contribution in [3.8, 4) is 0 Å². The largest absolute Gasteiger partial charge is 0.0654 e. The maximum atomic E-state index is 4.15. The Morgan fingerprint density at radius 2 is 2.22 bits per heavy atom. The van der Waals surface area contributed by atoms with Crippen molar-refractivity contribution >= 4 is 0 Å². The van der Waals surface area contributed by atoms with Gasteiger partial charge in [-0.05, 0) is 18.8 Å². The molecule has 9 heavy (non-hydrogen) atoms. The molecule has 1 unspecified atom stereocenters. The van der Waals surface area contributed by atoms with Crippen LogP contribution in [-0.4, -0.2) is 0 Å². The van der Waals surface area contributed by atoms with Crippen molar-refractivity contribution in [1.29, 1.82) is 0 Å². The zero-order valence-corrected chi connectivity index (χ0v) is 6.40. The molecule has 0 heterocycles. The van der Waals surface area contributed by atoms with Gasteiger partial charge in [0.1, 0.15) is 0 Å². The Bertz CT molecular complexity index is 72.1. The summed E-state index contributed by atoms with van der Waals surface area (Å²) in [5, 5.41) is 0. The van der Waals surface area contributed by atoms with Crippen molar-refractivity contribution in [2.75, 3.05) is 0 Å². The maximum Gasteiger partial charge on any atom is -0.0386 e. The zero-order valence-electron chi connectivity index (χ0n) is 6.40.